The van der Waals surface area contributed by atoms with E-state index in [2.05, 4.69) is 9.47 Å². The molecule has 1 heterocycles. The third-order valence-electron chi connectivity index (χ3n) is 3.37. The summed E-state index contributed by atoms with van der Waals surface area (Å²) in [5.74, 6) is -2.94. The molecule has 140 valence electrons. The Kier molecular flexibility index (Phi) is 5.48. The van der Waals surface area contributed by atoms with Crippen LogP contribution in [0.1, 0.15) is 5.56 Å². The molecule has 1 aromatic rings. The molecule has 0 unspecified atom stereocenters. The average molecular weight is 376 g/mol. The molecule has 0 N–H and O–H groups in total. The molecule has 2 rings (SSSR count). The topological polar surface area (TPSA) is 76.2 Å². The van der Waals surface area contributed by atoms with Crippen LogP contribution in [0.25, 0.3) is 6.08 Å². The zero-order chi connectivity index (χ0) is 19.6. The summed E-state index contributed by atoms with van der Waals surface area (Å²) in [6, 6.07) is 1.98. The van der Waals surface area contributed by atoms with Crippen LogP contribution >= 0.6 is 0 Å². The van der Waals surface area contributed by atoms with Gasteiger partial charge in [0.25, 0.3) is 11.8 Å². The molecule has 0 aromatic heterocycles. The predicted octanol–water partition coefficient (Wildman–Crippen LogP) is 2.32. The second kappa shape index (κ2) is 7.42. The van der Waals surface area contributed by atoms with Crippen molar-refractivity contribution in [1.82, 2.24) is 9.80 Å². The van der Waals surface area contributed by atoms with Crippen molar-refractivity contribution in [2.24, 2.45) is 0 Å². The SMILES string of the molecule is CN1C(=O)C(=Cc2ccc(OC(F)F)cc2OC(F)F)C(=O)N(C)C1=O. The maximum Gasteiger partial charge on any atom is 0.387 e. The monoisotopic (exact) mass is 376 g/mol. The fourth-order valence-corrected chi connectivity index (χ4v) is 2.14. The summed E-state index contributed by atoms with van der Waals surface area (Å²) in [5.41, 5.74) is -0.656. The Morgan fingerprint density at radius 1 is 0.923 bits per heavy atom. The number of halogens is 4. The number of urea groups is 1. The number of barbiturate groups is 1. The van der Waals surface area contributed by atoms with Gasteiger partial charge in [0.1, 0.15) is 17.1 Å². The van der Waals surface area contributed by atoms with E-state index in [0.717, 1.165) is 38.4 Å². The van der Waals surface area contributed by atoms with E-state index in [0.29, 0.717) is 9.80 Å². The predicted molar refractivity (Wildman–Crippen MR) is 78.6 cm³/mol. The third kappa shape index (κ3) is 3.92. The van der Waals surface area contributed by atoms with Gasteiger partial charge in [-0.2, -0.15) is 17.6 Å². The van der Waals surface area contributed by atoms with E-state index in [-0.39, 0.29) is 5.56 Å². The van der Waals surface area contributed by atoms with Gasteiger partial charge in [-0.1, -0.05) is 0 Å². The number of amides is 4. The van der Waals surface area contributed by atoms with Crippen LogP contribution in [0.5, 0.6) is 11.5 Å². The highest BCUT2D eigenvalue weighted by atomic mass is 19.3. The third-order valence-corrected chi connectivity index (χ3v) is 3.37. The first-order valence-corrected chi connectivity index (χ1v) is 6.97. The quantitative estimate of drug-likeness (QED) is 0.448. The fourth-order valence-electron chi connectivity index (χ4n) is 2.14. The van der Waals surface area contributed by atoms with Gasteiger partial charge >= 0.3 is 19.3 Å². The van der Waals surface area contributed by atoms with Crippen LogP contribution in [0.2, 0.25) is 0 Å². The minimum atomic E-state index is -3.29. The molecule has 1 aromatic carbocycles. The summed E-state index contributed by atoms with van der Waals surface area (Å²) < 4.78 is 58.0. The van der Waals surface area contributed by atoms with Gasteiger partial charge in [-0.05, 0) is 18.2 Å². The van der Waals surface area contributed by atoms with Crippen molar-refractivity contribution in [2.45, 2.75) is 13.2 Å². The molecule has 0 spiro atoms. The summed E-state index contributed by atoms with van der Waals surface area (Å²) in [6.45, 7) is -6.48. The Hall–Kier alpha value is -3.11. The molecule has 11 heteroatoms. The van der Waals surface area contributed by atoms with Crippen LogP contribution in [0.3, 0.4) is 0 Å². The molecule has 0 atom stereocenters. The lowest BCUT2D eigenvalue weighted by Crippen LogP contribution is -2.52. The van der Waals surface area contributed by atoms with Gasteiger partial charge in [0.05, 0.1) is 0 Å². The number of carbonyl (C=O) groups excluding carboxylic acids is 3. The maximum atomic E-state index is 12.6. The molecule has 0 aliphatic carbocycles. The molecule has 0 bridgehead atoms. The van der Waals surface area contributed by atoms with Gasteiger partial charge in [0, 0.05) is 25.7 Å². The number of likely N-dealkylation sites (N-methyl/N-ethyl adjacent to an activating group) is 2. The minimum absolute atomic E-state index is 0.167. The maximum absolute atomic E-state index is 12.6. The van der Waals surface area contributed by atoms with Crippen LogP contribution in [-0.2, 0) is 9.59 Å². The van der Waals surface area contributed by atoms with E-state index in [1.807, 2.05) is 0 Å². The van der Waals surface area contributed by atoms with Crippen LogP contribution in [0.15, 0.2) is 23.8 Å². The number of nitrogens with zero attached hydrogens (tertiary/aromatic N) is 2. The summed E-state index contributed by atoms with van der Waals surface area (Å²) in [4.78, 5) is 37.2. The van der Waals surface area contributed by atoms with Crippen molar-refractivity contribution >= 4 is 23.9 Å². The van der Waals surface area contributed by atoms with Crippen molar-refractivity contribution in [1.29, 1.82) is 0 Å². The molecule has 1 aliphatic heterocycles. The lowest BCUT2D eigenvalue weighted by Gasteiger charge is -2.29. The van der Waals surface area contributed by atoms with Crippen LogP contribution in [0.4, 0.5) is 22.4 Å². The van der Waals surface area contributed by atoms with Crippen LogP contribution in [-0.4, -0.2) is 55.0 Å². The van der Waals surface area contributed by atoms with Gasteiger partial charge in [0.2, 0.25) is 0 Å². The summed E-state index contributed by atoms with van der Waals surface area (Å²) >= 11 is 0. The highest BCUT2D eigenvalue weighted by Crippen LogP contribution is 2.30. The second-order valence-electron chi connectivity index (χ2n) is 5.03. The lowest BCUT2D eigenvalue weighted by molar-refractivity contribution is -0.134. The van der Waals surface area contributed by atoms with Gasteiger partial charge in [0.15, 0.2) is 0 Å². The van der Waals surface area contributed by atoms with Crippen molar-refractivity contribution in [3.8, 4) is 11.5 Å². The van der Waals surface area contributed by atoms with Crippen LogP contribution < -0.4 is 9.47 Å². The molecule has 26 heavy (non-hydrogen) atoms. The molecule has 0 radical (unpaired) electrons. The molecule has 0 saturated carbocycles. The molecule has 1 fully saturated rings. The van der Waals surface area contributed by atoms with Crippen molar-refractivity contribution in [3.63, 3.8) is 0 Å². The minimum Gasteiger partial charge on any atom is -0.435 e. The summed E-state index contributed by atoms with van der Waals surface area (Å²) in [5, 5.41) is 0. The summed E-state index contributed by atoms with van der Waals surface area (Å²) in [6.07, 6.45) is 0.925. The number of benzene rings is 1. The first kappa shape index (κ1) is 19.2. The number of ether oxygens (including phenoxy) is 2. The Morgan fingerprint density at radius 3 is 1.96 bits per heavy atom. The van der Waals surface area contributed by atoms with E-state index in [9.17, 15) is 31.9 Å². The lowest BCUT2D eigenvalue weighted by atomic mass is 10.1. The number of carbonyl (C=O) groups is 3. The zero-order valence-corrected chi connectivity index (χ0v) is 13.4. The van der Waals surface area contributed by atoms with E-state index in [1.54, 1.807) is 0 Å². The first-order valence-electron chi connectivity index (χ1n) is 6.97. The highest BCUT2D eigenvalue weighted by Gasteiger charge is 2.38. The molecule has 7 nitrogen and oxygen atoms in total. The smallest absolute Gasteiger partial charge is 0.387 e. The largest absolute Gasteiger partial charge is 0.435 e. The summed E-state index contributed by atoms with van der Waals surface area (Å²) in [7, 11) is 2.27. The molecule has 1 aliphatic rings. The Morgan fingerprint density at radius 2 is 1.46 bits per heavy atom. The first-order chi connectivity index (χ1) is 12.1. The molecule has 1 saturated heterocycles. The molecule has 4 amide bonds. The number of alkyl halides is 4. The van der Waals surface area contributed by atoms with Crippen molar-refractivity contribution in [2.75, 3.05) is 14.1 Å². The normalized spacial score (nSPS) is 15.2. The number of hydrogen-bond donors (Lipinski definition) is 0. The zero-order valence-electron chi connectivity index (χ0n) is 13.4. The van der Waals surface area contributed by atoms with Gasteiger partial charge in [-0.15, -0.1) is 0 Å². The van der Waals surface area contributed by atoms with E-state index in [1.165, 1.54) is 0 Å². The van der Waals surface area contributed by atoms with Crippen molar-refractivity contribution in [3.05, 3.63) is 29.3 Å². The van der Waals surface area contributed by atoms with Gasteiger partial charge in [-0.3, -0.25) is 19.4 Å². The van der Waals surface area contributed by atoms with E-state index >= 15 is 0 Å². The average Bonchev–Trinajstić information content (AvgIpc) is 2.56. The Balaban J connectivity index is 2.49. The molecular formula is C15H12F4N2O5. The van der Waals surface area contributed by atoms with E-state index in [4.69, 9.17) is 0 Å². The number of imide groups is 2. The van der Waals surface area contributed by atoms with Crippen molar-refractivity contribution < 1.29 is 41.4 Å². The second-order valence-corrected chi connectivity index (χ2v) is 5.03. The highest BCUT2D eigenvalue weighted by molar-refractivity contribution is 6.30. The van der Waals surface area contributed by atoms with Gasteiger partial charge < -0.3 is 9.47 Å². The fraction of sp³-hybridized carbons (Fsp3) is 0.267. The standard InChI is InChI=1S/C15H12F4N2O5/c1-20-11(22)9(12(23)21(2)15(20)24)5-7-3-4-8(25-13(16)17)6-10(7)26-14(18)19/h3-6,13-14H,1-2H3. The van der Waals surface area contributed by atoms with E-state index < -0.39 is 48.1 Å². The Bertz CT molecular complexity index is 755. The number of rotatable bonds is 5. The van der Waals surface area contributed by atoms with Crippen LogP contribution in [0, 0.1) is 0 Å². The number of hydrogen-bond acceptors (Lipinski definition) is 5. The molecular weight excluding hydrogens is 364 g/mol. The Labute approximate surface area is 144 Å². The van der Waals surface area contributed by atoms with Gasteiger partial charge in [-0.25, -0.2) is 4.79 Å².